The van der Waals surface area contributed by atoms with Gasteiger partial charge in [0.05, 0.1) is 11.3 Å². The number of aromatic nitrogens is 3. The van der Waals surface area contributed by atoms with E-state index >= 15 is 0 Å². The van der Waals surface area contributed by atoms with Crippen molar-refractivity contribution in [2.75, 3.05) is 55.6 Å². The van der Waals surface area contributed by atoms with Crippen LogP contribution in [0.4, 0.5) is 15.8 Å². The van der Waals surface area contributed by atoms with Gasteiger partial charge in [-0.15, -0.1) is 21.5 Å². The zero-order valence-corrected chi connectivity index (χ0v) is 26.7. The molecule has 5 heterocycles. The van der Waals surface area contributed by atoms with Crippen molar-refractivity contribution in [3.05, 3.63) is 87.6 Å². The maximum atomic E-state index is 13.7. The van der Waals surface area contributed by atoms with E-state index in [0.29, 0.717) is 6.54 Å². The van der Waals surface area contributed by atoms with Crippen LogP contribution in [0.15, 0.2) is 53.5 Å². The van der Waals surface area contributed by atoms with Gasteiger partial charge in [-0.1, -0.05) is 18.2 Å². The van der Waals surface area contributed by atoms with Gasteiger partial charge in [0.1, 0.15) is 22.7 Å². The number of piperidine rings is 1. The smallest absolute Gasteiger partial charge is 0.162 e. The van der Waals surface area contributed by atoms with Gasteiger partial charge in [-0.3, -0.25) is 14.5 Å². The maximum Gasteiger partial charge on any atom is 0.162 e. The third kappa shape index (κ3) is 5.33. The Balaban J connectivity index is 1.01. The van der Waals surface area contributed by atoms with Crippen molar-refractivity contribution >= 4 is 28.4 Å². The lowest BCUT2D eigenvalue weighted by Crippen LogP contribution is -2.55. The van der Waals surface area contributed by atoms with Crippen LogP contribution in [0.25, 0.3) is 5.00 Å². The molecule has 2 fully saturated rings. The largest absolute Gasteiger partial charge is 0.388 e. The van der Waals surface area contributed by atoms with E-state index in [2.05, 4.69) is 74.5 Å². The molecular formula is C34H40FN7OS. The fourth-order valence-electron chi connectivity index (χ4n) is 6.90. The minimum absolute atomic E-state index is 0.103. The molecule has 2 aromatic heterocycles. The standard InChI is InChI=1S/C34H40FN7OS/c1-22-24(3)44-33-30(22)31(36-23(2)32-38-37-25(4)42(32)33)26-8-10-28(11-9-26)40-14-12-34(43,13-15-40)21-39-16-18-41(19-17-39)29-7-5-6-27(35)20-29/h5-11,20,23,43H,12-19,21H2,1-4H3/t23-/m0/s1. The number of β-amino-alcohol motifs (C(OH)–C–C–N with tert-alkyl or cyclic N) is 1. The molecule has 0 bridgehead atoms. The number of piperazine rings is 1. The second-order valence-corrected chi connectivity index (χ2v) is 13.8. The Morgan fingerprint density at radius 1 is 0.909 bits per heavy atom. The van der Waals surface area contributed by atoms with Crippen LogP contribution in [0.1, 0.15) is 59.0 Å². The molecule has 2 saturated heterocycles. The summed E-state index contributed by atoms with van der Waals surface area (Å²) in [5, 5.41) is 21.5. The number of hydrogen-bond acceptors (Lipinski definition) is 8. The summed E-state index contributed by atoms with van der Waals surface area (Å²) in [6.45, 7) is 14.2. The average molecular weight is 614 g/mol. The molecule has 0 radical (unpaired) electrons. The van der Waals surface area contributed by atoms with Gasteiger partial charge < -0.3 is 14.9 Å². The first-order chi connectivity index (χ1) is 21.2. The second kappa shape index (κ2) is 11.4. The molecule has 230 valence electrons. The van der Waals surface area contributed by atoms with E-state index in [0.717, 1.165) is 85.7 Å². The molecule has 3 aliphatic heterocycles. The van der Waals surface area contributed by atoms with E-state index in [1.807, 2.05) is 13.0 Å². The zero-order valence-electron chi connectivity index (χ0n) is 25.9. The summed E-state index contributed by atoms with van der Waals surface area (Å²) >= 11 is 1.78. The predicted octanol–water partition coefficient (Wildman–Crippen LogP) is 5.46. The Morgan fingerprint density at radius 3 is 2.32 bits per heavy atom. The molecule has 10 heteroatoms. The summed E-state index contributed by atoms with van der Waals surface area (Å²) in [5.74, 6) is 1.57. The third-order valence-electron chi connectivity index (χ3n) is 9.62. The fraction of sp³-hybridized carbons (Fsp3) is 0.441. The van der Waals surface area contributed by atoms with E-state index in [4.69, 9.17) is 4.99 Å². The van der Waals surface area contributed by atoms with Crippen molar-refractivity contribution in [2.24, 2.45) is 4.99 Å². The molecule has 8 nitrogen and oxygen atoms in total. The average Bonchev–Trinajstić information content (AvgIpc) is 3.51. The minimum Gasteiger partial charge on any atom is -0.388 e. The molecule has 2 aromatic carbocycles. The van der Waals surface area contributed by atoms with Crippen LogP contribution in [0.3, 0.4) is 0 Å². The van der Waals surface area contributed by atoms with E-state index < -0.39 is 5.60 Å². The van der Waals surface area contributed by atoms with Crippen LogP contribution in [-0.4, -0.2) is 81.9 Å². The third-order valence-corrected chi connectivity index (χ3v) is 10.8. The lowest BCUT2D eigenvalue weighted by atomic mass is 9.90. The van der Waals surface area contributed by atoms with E-state index in [9.17, 15) is 9.50 Å². The highest BCUT2D eigenvalue weighted by atomic mass is 32.1. The van der Waals surface area contributed by atoms with Crippen molar-refractivity contribution in [3.63, 3.8) is 0 Å². The molecule has 0 unspecified atom stereocenters. The lowest BCUT2D eigenvalue weighted by molar-refractivity contribution is -0.0173. The van der Waals surface area contributed by atoms with Gasteiger partial charge in [0.25, 0.3) is 0 Å². The molecule has 1 atom stereocenters. The number of thiophene rings is 1. The molecular weight excluding hydrogens is 573 g/mol. The molecule has 0 saturated carbocycles. The number of anilines is 2. The number of halogens is 1. The Hall–Kier alpha value is -3.60. The highest BCUT2D eigenvalue weighted by molar-refractivity contribution is 7.15. The van der Waals surface area contributed by atoms with Gasteiger partial charge in [-0.05, 0) is 76.4 Å². The van der Waals surface area contributed by atoms with Crippen molar-refractivity contribution in [2.45, 2.75) is 52.2 Å². The molecule has 4 aromatic rings. The molecule has 0 spiro atoms. The van der Waals surface area contributed by atoms with Gasteiger partial charge in [0.2, 0.25) is 0 Å². The van der Waals surface area contributed by atoms with E-state index in [-0.39, 0.29) is 11.9 Å². The van der Waals surface area contributed by atoms with E-state index in [1.165, 1.54) is 27.8 Å². The second-order valence-electron chi connectivity index (χ2n) is 12.6. The number of aryl methyl sites for hydroxylation is 2. The molecule has 0 amide bonds. The van der Waals surface area contributed by atoms with Crippen molar-refractivity contribution in [1.29, 1.82) is 0 Å². The van der Waals surface area contributed by atoms with Crippen LogP contribution in [0.5, 0.6) is 0 Å². The number of fused-ring (bicyclic) bond motifs is 3. The van der Waals surface area contributed by atoms with Crippen LogP contribution in [-0.2, 0) is 0 Å². The van der Waals surface area contributed by atoms with Gasteiger partial charge in [-0.25, -0.2) is 4.39 Å². The van der Waals surface area contributed by atoms with Gasteiger partial charge in [-0.2, -0.15) is 0 Å². The van der Waals surface area contributed by atoms with Gasteiger partial charge in [0, 0.05) is 73.2 Å². The fourth-order valence-corrected chi connectivity index (χ4v) is 8.12. The topological polar surface area (TPSA) is 73.0 Å². The number of benzene rings is 2. The van der Waals surface area contributed by atoms with Crippen LogP contribution in [0, 0.1) is 26.6 Å². The van der Waals surface area contributed by atoms with Gasteiger partial charge in [0.15, 0.2) is 5.82 Å². The summed E-state index contributed by atoms with van der Waals surface area (Å²) in [6, 6.07) is 15.5. The highest BCUT2D eigenvalue weighted by Gasteiger charge is 2.35. The van der Waals surface area contributed by atoms with Gasteiger partial charge >= 0.3 is 0 Å². The molecule has 3 aliphatic rings. The zero-order chi connectivity index (χ0) is 30.6. The Labute approximate surface area is 262 Å². The Bertz CT molecular complexity index is 1690. The number of aliphatic imine (C=N–C) groups is 1. The first-order valence-corrected chi connectivity index (χ1v) is 16.4. The normalized spacial score (nSPS) is 20.2. The summed E-state index contributed by atoms with van der Waals surface area (Å²) in [4.78, 5) is 13.4. The molecule has 1 N–H and O–H groups in total. The Kier molecular flexibility index (Phi) is 7.54. The van der Waals surface area contributed by atoms with Crippen molar-refractivity contribution < 1.29 is 9.50 Å². The first-order valence-electron chi connectivity index (χ1n) is 15.6. The Morgan fingerprint density at radius 2 is 1.61 bits per heavy atom. The quantitative estimate of drug-likeness (QED) is 0.323. The number of aliphatic hydroxyl groups is 1. The predicted molar refractivity (Wildman–Crippen MR) is 175 cm³/mol. The summed E-state index contributed by atoms with van der Waals surface area (Å²) in [5.41, 5.74) is 5.96. The number of rotatable bonds is 5. The molecule has 44 heavy (non-hydrogen) atoms. The summed E-state index contributed by atoms with van der Waals surface area (Å²) in [7, 11) is 0. The SMILES string of the molecule is Cc1sc2c(c1C)C(c1ccc(N3CCC(O)(CN4CCN(c5cccc(F)c5)CC4)CC3)cc1)=N[C@@H](C)c1nnc(C)n1-2. The summed E-state index contributed by atoms with van der Waals surface area (Å²) < 4.78 is 15.9. The highest BCUT2D eigenvalue weighted by Crippen LogP contribution is 2.39. The first kappa shape index (κ1) is 29.1. The number of nitrogens with zero attached hydrogens (tertiary/aromatic N) is 7. The van der Waals surface area contributed by atoms with Crippen molar-refractivity contribution in [3.8, 4) is 5.00 Å². The molecule has 0 aliphatic carbocycles. The van der Waals surface area contributed by atoms with Crippen LogP contribution < -0.4 is 9.80 Å². The van der Waals surface area contributed by atoms with E-state index in [1.54, 1.807) is 23.5 Å². The monoisotopic (exact) mass is 613 g/mol. The maximum absolute atomic E-state index is 13.7. The van der Waals surface area contributed by atoms with Crippen LogP contribution >= 0.6 is 11.3 Å². The number of hydrogen-bond donors (Lipinski definition) is 1. The summed E-state index contributed by atoms with van der Waals surface area (Å²) in [6.07, 6.45) is 1.47. The van der Waals surface area contributed by atoms with Crippen molar-refractivity contribution in [1.82, 2.24) is 19.7 Å². The molecule has 7 rings (SSSR count). The van der Waals surface area contributed by atoms with Crippen LogP contribution in [0.2, 0.25) is 0 Å². The minimum atomic E-state index is -0.690. The lowest BCUT2D eigenvalue weighted by Gasteiger charge is -2.44.